The summed E-state index contributed by atoms with van der Waals surface area (Å²) in [5.41, 5.74) is 2.81. The second-order valence-electron chi connectivity index (χ2n) is 4.46. The van der Waals surface area contributed by atoms with Gasteiger partial charge in [0.25, 0.3) is 0 Å². The maximum atomic E-state index is 11.8. The lowest BCUT2D eigenvalue weighted by Crippen LogP contribution is -2.39. The van der Waals surface area contributed by atoms with Crippen molar-refractivity contribution in [3.63, 3.8) is 0 Å². The minimum absolute atomic E-state index is 0.140. The third kappa shape index (κ3) is 2.27. The Morgan fingerprint density at radius 1 is 1.56 bits per heavy atom. The van der Waals surface area contributed by atoms with Crippen LogP contribution in [0, 0.1) is 6.92 Å². The van der Waals surface area contributed by atoms with E-state index in [4.69, 9.17) is 16.3 Å². The lowest BCUT2D eigenvalue weighted by molar-refractivity contribution is 0.0987. The fraction of sp³-hybridized carbons (Fsp3) is 0.583. The number of carbonyl (C=O) groups is 1. The Balaban J connectivity index is 2.32. The van der Waals surface area contributed by atoms with Crippen LogP contribution in [0.25, 0.3) is 0 Å². The molecule has 1 aliphatic rings. The molecule has 0 aromatic carbocycles. The third-order valence-electron chi connectivity index (χ3n) is 3.15. The van der Waals surface area contributed by atoms with Crippen LogP contribution in [-0.4, -0.2) is 34.3 Å². The summed E-state index contributed by atoms with van der Waals surface area (Å²) in [6.45, 7) is 7.18. The molecule has 6 heteroatoms. The van der Waals surface area contributed by atoms with E-state index in [1.807, 2.05) is 13.8 Å². The SMILES string of the molecule is CCOC(=O)N1Cc2c(nnc(Cl)c2C)C(C)C1. The second-order valence-corrected chi connectivity index (χ2v) is 4.82. The van der Waals surface area contributed by atoms with E-state index in [9.17, 15) is 4.79 Å². The van der Waals surface area contributed by atoms with Crippen molar-refractivity contribution >= 4 is 17.7 Å². The molecule has 1 amide bonds. The highest BCUT2D eigenvalue weighted by Gasteiger charge is 2.29. The smallest absolute Gasteiger partial charge is 0.410 e. The van der Waals surface area contributed by atoms with Crippen LogP contribution < -0.4 is 0 Å². The summed E-state index contributed by atoms with van der Waals surface area (Å²) >= 11 is 5.97. The van der Waals surface area contributed by atoms with Gasteiger partial charge in [0.2, 0.25) is 0 Å². The summed E-state index contributed by atoms with van der Waals surface area (Å²) in [5.74, 6) is 0.140. The van der Waals surface area contributed by atoms with Gasteiger partial charge >= 0.3 is 6.09 Å². The standard InChI is InChI=1S/C12H16ClN3O2/c1-4-18-12(17)16-5-7(2)10-9(6-16)8(3)11(13)15-14-10/h7H,4-6H2,1-3H3. The molecular weight excluding hydrogens is 254 g/mol. The number of fused-ring (bicyclic) bond motifs is 1. The molecule has 5 nitrogen and oxygen atoms in total. The quantitative estimate of drug-likeness (QED) is 0.786. The minimum atomic E-state index is -0.290. The first-order chi connectivity index (χ1) is 8.54. The Labute approximate surface area is 111 Å². The molecule has 0 N–H and O–H groups in total. The average molecular weight is 270 g/mol. The zero-order valence-corrected chi connectivity index (χ0v) is 11.5. The van der Waals surface area contributed by atoms with Crippen LogP contribution >= 0.6 is 11.6 Å². The minimum Gasteiger partial charge on any atom is -0.450 e. The van der Waals surface area contributed by atoms with Gasteiger partial charge in [0.15, 0.2) is 5.15 Å². The third-order valence-corrected chi connectivity index (χ3v) is 3.51. The van der Waals surface area contributed by atoms with Gasteiger partial charge in [0.05, 0.1) is 18.8 Å². The van der Waals surface area contributed by atoms with Gasteiger partial charge in [-0.2, -0.15) is 5.10 Å². The Kier molecular flexibility index (Phi) is 3.71. The van der Waals surface area contributed by atoms with E-state index < -0.39 is 0 Å². The summed E-state index contributed by atoms with van der Waals surface area (Å²) in [5, 5.41) is 8.46. The molecule has 1 atom stereocenters. The van der Waals surface area contributed by atoms with Gasteiger partial charge in [-0.25, -0.2) is 4.79 Å². The molecule has 1 aromatic rings. The normalized spacial score (nSPS) is 18.4. The first kappa shape index (κ1) is 13.1. The fourth-order valence-electron chi connectivity index (χ4n) is 2.17. The molecule has 2 rings (SSSR count). The van der Waals surface area contributed by atoms with Gasteiger partial charge in [-0.05, 0) is 19.4 Å². The summed E-state index contributed by atoms with van der Waals surface area (Å²) < 4.78 is 5.03. The molecule has 0 saturated heterocycles. The number of hydrogen-bond acceptors (Lipinski definition) is 4. The molecule has 0 fully saturated rings. The van der Waals surface area contributed by atoms with Crippen molar-refractivity contribution < 1.29 is 9.53 Å². The second kappa shape index (κ2) is 5.10. The van der Waals surface area contributed by atoms with Crippen LogP contribution in [0.15, 0.2) is 0 Å². The van der Waals surface area contributed by atoms with Crippen molar-refractivity contribution in [3.05, 3.63) is 22.0 Å². The Bertz CT molecular complexity index is 479. The van der Waals surface area contributed by atoms with Crippen molar-refractivity contribution in [2.75, 3.05) is 13.2 Å². The van der Waals surface area contributed by atoms with Gasteiger partial charge < -0.3 is 9.64 Å². The van der Waals surface area contributed by atoms with E-state index >= 15 is 0 Å². The summed E-state index contributed by atoms with van der Waals surface area (Å²) in [6, 6.07) is 0. The predicted octanol–water partition coefficient (Wildman–Crippen LogP) is 2.51. The van der Waals surface area contributed by atoms with E-state index in [2.05, 4.69) is 10.2 Å². The van der Waals surface area contributed by atoms with Crippen molar-refractivity contribution in [2.45, 2.75) is 33.2 Å². The molecule has 1 unspecified atom stereocenters. The molecule has 0 saturated carbocycles. The summed E-state index contributed by atoms with van der Waals surface area (Å²) in [7, 11) is 0. The van der Waals surface area contributed by atoms with Crippen LogP contribution in [0.5, 0.6) is 0 Å². The molecule has 0 aliphatic carbocycles. The highest BCUT2D eigenvalue weighted by atomic mass is 35.5. The molecule has 1 aromatic heterocycles. The van der Waals surface area contributed by atoms with Crippen LogP contribution in [0.3, 0.4) is 0 Å². The molecular formula is C12H16ClN3O2. The fourth-order valence-corrected chi connectivity index (χ4v) is 2.32. The molecule has 18 heavy (non-hydrogen) atoms. The van der Waals surface area contributed by atoms with Crippen LogP contribution in [0.2, 0.25) is 5.15 Å². The Morgan fingerprint density at radius 3 is 2.94 bits per heavy atom. The number of nitrogens with zero attached hydrogens (tertiary/aromatic N) is 3. The van der Waals surface area contributed by atoms with E-state index in [0.29, 0.717) is 24.8 Å². The average Bonchev–Trinajstić information content (AvgIpc) is 2.34. The summed E-state index contributed by atoms with van der Waals surface area (Å²) in [6.07, 6.45) is -0.290. The number of carbonyl (C=O) groups excluding carboxylic acids is 1. The largest absolute Gasteiger partial charge is 0.450 e. The monoisotopic (exact) mass is 269 g/mol. The van der Waals surface area contributed by atoms with Gasteiger partial charge in [-0.1, -0.05) is 18.5 Å². The molecule has 2 heterocycles. The predicted molar refractivity (Wildman–Crippen MR) is 67.6 cm³/mol. The van der Waals surface area contributed by atoms with Gasteiger partial charge in [0.1, 0.15) is 0 Å². The number of amides is 1. The van der Waals surface area contributed by atoms with E-state index in [0.717, 1.165) is 16.8 Å². The highest BCUT2D eigenvalue weighted by molar-refractivity contribution is 6.30. The zero-order chi connectivity index (χ0) is 13.3. The maximum absolute atomic E-state index is 11.8. The van der Waals surface area contributed by atoms with Crippen molar-refractivity contribution in [1.82, 2.24) is 15.1 Å². The van der Waals surface area contributed by atoms with Crippen molar-refractivity contribution in [1.29, 1.82) is 0 Å². The topological polar surface area (TPSA) is 55.3 Å². The van der Waals surface area contributed by atoms with E-state index in [1.54, 1.807) is 11.8 Å². The molecule has 98 valence electrons. The van der Waals surface area contributed by atoms with Crippen LogP contribution in [0.1, 0.15) is 36.6 Å². The zero-order valence-electron chi connectivity index (χ0n) is 10.7. The van der Waals surface area contributed by atoms with Gasteiger partial charge in [-0.15, -0.1) is 5.10 Å². The Hall–Kier alpha value is -1.36. The highest BCUT2D eigenvalue weighted by Crippen LogP contribution is 2.30. The molecule has 0 spiro atoms. The van der Waals surface area contributed by atoms with E-state index in [-0.39, 0.29) is 12.0 Å². The number of ether oxygens (including phenoxy) is 1. The number of hydrogen-bond donors (Lipinski definition) is 0. The van der Waals surface area contributed by atoms with Crippen molar-refractivity contribution in [2.24, 2.45) is 0 Å². The first-order valence-electron chi connectivity index (χ1n) is 5.97. The number of rotatable bonds is 1. The molecule has 1 aliphatic heterocycles. The lowest BCUT2D eigenvalue weighted by Gasteiger charge is -2.32. The maximum Gasteiger partial charge on any atom is 0.410 e. The van der Waals surface area contributed by atoms with Crippen LogP contribution in [0.4, 0.5) is 4.79 Å². The first-order valence-corrected chi connectivity index (χ1v) is 6.35. The number of halogens is 1. The lowest BCUT2D eigenvalue weighted by atomic mass is 9.95. The molecule has 0 bridgehead atoms. The Morgan fingerprint density at radius 2 is 2.28 bits per heavy atom. The van der Waals surface area contributed by atoms with Crippen LogP contribution in [-0.2, 0) is 11.3 Å². The van der Waals surface area contributed by atoms with Crippen molar-refractivity contribution in [3.8, 4) is 0 Å². The summed E-state index contributed by atoms with van der Waals surface area (Å²) in [4.78, 5) is 13.5. The molecule has 0 radical (unpaired) electrons. The van der Waals surface area contributed by atoms with E-state index in [1.165, 1.54) is 0 Å². The number of aromatic nitrogens is 2. The van der Waals surface area contributed by atoms with Gasteiger partial charge in [-0.3, -0.25) is 0 Å². The van der Waals surface area contributed by atoms with Gasteiger partial charge in [0, 0.05) is 18.0 Å².